The van der Waals surface area contributed by atoms with Gasteiger partial charge in [0.25, 0.3) is 0 Å². The molecule has 0 heterocycles. The highest BCUT2D eigenvalue weighted by Gasteiger charge is 2.01. The third kappa shape index (κ3) is 2.94. The highest BCUT2D eigenvalue weighted by atomic mass is 79.9. The fourth-order valence-corrected chi connectivity index (χ4v) is 2.09. The quantitative estimate of drug-likeness (QED) is 0.663. The molecule has 0 spiro atoms. The van der Waals surface area contributed by atoms with Crippen molar-refractivity contribution < 1.29 is 0 Å². The Balaban J connectivity index is 2.36. The van der Waals surface area contributed by atoms with Gasteiger partial charge in [-0.05, 0) is 40.5 Å². The fourth-order valence-electron chi connectivity index (χ4n) is 1.51. The van der Waals surface area contributed by atoms with Gasteiger partial charge in [0.2, 0.25) is 0 Å². The van der Waals surface area contributed by atoms with Crippen LogP contribution in [-0.4, -0.2) is 5.84 Å². The van der Waals surface area contributed by atoms with Gasteiger partial charge in [0, 0.05) is 10.0 Å². The lowest BCUT2D eigenvalue weighted by Gasteiger charge is -2.03. The second-order valence-electron chi connectivity index (χ2n) is 3.82. The van der Waals surface area contributed by atoms with Gasteiger partial charge in [0.15, 0.2) is 0 Å². The Bertz CT molecular complexity index is 547. The normalized spacial score (nSPS) is 11.5. The highest BCUT2D eigenvalue weighted by Crippen LogP contribution is 2.26. The molecule has 0 aliphatic rings. The maximum Gasteiger partial charge on any atom is 0.131 e. The Hall–Kier alpha value is -1.61. The Morgan fingerprint density at radius 2 is 1.82 bits per heavy atom. The second-order valence-corrected chi connectivity index (χ2v) is 4.67. The van der Waals surface area contributed by atoms with E-state index in [2.05, 4.69) is 20.9 Å². The Morgan fingerprint density at radius 3 is 2.47 bits per heavy atom. The van der Waals surface area contributed by atoms with Gasteiger partial charge < -0.3 is 5.73 Å². The van der Waals surface area contributed by atoms with Crippen LogP contribution in [0.3, 0.4) is 0 Å². The topological polar surface area (TPSA) is 38.4 Å². The van der Waals surface area contributed by atoms with E-state index in [-0.39, 0.29) is 0 Å². The van der Waals surface area contributed by atoms with Crippen LogP contribution in [0, 0.1) is 6.92 Å². The number of aryl methyl sites for hydroxylation is 1. The zero-order valence-electron chi connectivity index (χ0n) is 9.52. The first-order chi connectivity index (χ1) is 8.16. The molecule has 0 unspecified atom stereocenters. The van der Waals surface area contributed by atoms with Crippen molar-refractivity contribution in [3.63, 3.8) is 0 Å². The highest BCUT2D eigenvalue weighted by molar-refractivity contribution is 9.10. The summed E-state index contributed by atoms with van der Waals surface area (Å²) in [6, 6.07) is 15.7. The maximum absolute atomic E-state index is 5.96. The van der Waals surface area contributed by atoms with E-state index in [9.17, 15) is 0 Å². The lowest BCUT2D eigenvalue weighted by molar-refractivity contribution is 1.39. The van der Waals surface area contributed by atoms with E-state index in [0.717, 1.165) is 15.7 Å². The molecule has 0 saturated heterocycles. The minimum Gasteiger partial charge on any atom is -0.383 e. The maximum atomic E-state index is 5.96. The molecule has 0 amide bonds. The number of rotatable bonds is 2. The third-order valence-corrected chi connectivity index (χ3v) is 3.05. The molecule has 0 aliphatic heterocycles. The first-order valence-corrected chi connectivity index (χ1v) is 6.12. The summed E-state index contributed by atoms with van der Waals surface area (Å²) in [4.78, 5) is 4.42. The molecule has 3 heteroatoms. The molecule has 0 aliphatic carbocycles. The summed E-state index contributed by atoms with van der Waals surface area (Å²) in [5.41, 5.74) is 8.93. The van der Waals surface area contributed by atoms with Gasteiger partial charge in [0.05, 0.1) is 5.69 Å². The first kappa shape index (κ1) is 11.9. The molecule has 0 atom stereocenters. The lowest BCUT2D eigenvalue weighted by Crippen LogP contribution is -2.12. The summed E-state index contributed by atoms with van der Waals surface area (Å²) in [6.07, 6.45) is 0. The molecule has 2 N–H and O–H groups in total. The SMILES string of the molecule is Cc1ccc(N=C(N)c2ccccc2)c(Br)c1. The smallest absolute Gasteiger partial charge is 0.131 e. The van der Waals surface area contributed by atoms with Crippen molar-refractivity contribution in [2.24, 2.45) is 10.7 Å². The molecule has 2 nitrogen and oxygen atoms in total. The molecular weight excluding hydrogens is 276 g/mol. The molecule has 0 radical (unpaired) electrons. The number of benzene rings is 2. The fraction of sp³-hybridized carbons (Fsp3) is 0.0714. The Labute approximate surface area is 109 Å². The van der Waals surface area contributed by atoms with E-state index in [1.54, 1.807) is 0 Å². The minimum absolute atomic E-state index is 0.523. The van der Waals surface area contributed by atoms with Gasteiger partial charge in [-0.3, -0.25) is 0 Å². The van der Waals surface area contributed by atoms with Crippen LogP contribution < -0.4 is 5.73 Å². The number of hydrogen-bond acceptors (Lipinski definition) is 1. The van der Waals surface area contributed by atoms with Gasteiger partial charge >= 0.3 is 0 Å². The van der Waals surface area contributed by atoms with Crippen LogP contribution in [0.25, 0.3) is 0 Å². The Kier molecular flexibility index (Phi) is 3.59. The van der Waals surface area contributed by atoms with Crippen LogP contribution in [0.5, 0.6) is 0 Å². The van der Waals surface area contributed by atoms with Crippen molar-refractivity contribution >= 4 is 27.5 Å². The monoisotopic (exact) mass is 288 g/mol. The summed E-state index contributed by atoms with van der Waals surface area (Å²) in [5.74, 6) is 0.523. The molecule has 2 aromatic carbocycles. The van der Waals surface area contributed by atoms with Gasteiger partial charge in [-0.25, -0.2) is 4.99 Å². The molecule has 0 saturated carbocycles. The zero-order chi connectivity index (χ0) is 12.3. The molecule has 0 fully saturated rings. The van der Waals surface area contributed by atoms with E-state index >= 15 is 0 Å². The predicted octanol–water partition coefficient (Wildman–Crippen LogP) is 3.79. The molecular formula is C14H13BrN2. The van der Waals surface area contributed by atoms with Crippen LogP contribution in [0.1, 0.15) is 11.1 Å². The number of amidine groups is 1. The Morgan fingerprint density at radius 1 is 1.12 bits per heavy atom. The van der Waals surface area contributed by atoms with Crippen molar-refractivity contribution in [2.75, 3.05) is 0 Å². The van der Waals surface area contributed by atoms with E-state index in [1.165, 1.54) is 5.56 Å². The standard InChI is InChI=1S/C14H13BrN2/c1-10-7-8-13(12(15)9-10)17-14(16)11-5-3-2-4-6-11/h2-9H,1H3,(H2,16,17). The molecule has 2 aromatic rings. The third-order valence-electron chi connectivity index (χ3n) is 2.41. The molecule has 17 heavy (non-hydrogen) atoms. The summed E-state index contributed by atoms with van der Waals surface area (Å²) in [7, 11) is 0. The van der Waals surface area contributed by atoms with Gasteiger partial charge in [-0.1, -0.05) is 36.4 Å². The summed E-state index contributed by atoms with van der Waals surface area (Å²) in [5, 5.41) is 0. The number of hydrogen-bond donors (Lipinski definition) is 1. The number of nitrogens with two attached hydrogens (primary N) is 1. The first-order valence-electron chi connectivity index (χ1n) is 5.32. The molecule has 0 aromatic heterocycles. The average molecular weight is 289 g/mol. The van der Waals surface area contributed by atoms with Crippen LogP contribution in [0.4, 0.5) is 5.69 Å². The predicted molar refractivity (Wildman–Crippen MR) is 75.7 cm³/mol. The average Bonchev–Trinajstić information content (AvgIpc) is 2.34. The largest absolute Gasteiger partial charge is 0.383 e. The lowest BCUT2D eigenvalue weighted by atomic mass is 10.2. The van der Waals surface area contributed by atoms with Gasteiger partial charge in [0.1, 0.15) is 5.84 Å². The molecule has 2 rings (SSSR count). The number of halogens is 1. The number of aliphatic imine (C=N–C) groups is 1. The summed E-state index contributed by atoms with van der Waals surface area (Å²) >= 11 is 3.49. The van der Waals surface area contributed by atoms with Gasteiger partial charge in [-0.15, -0.1) is 0 Å². The molecule has 86 valence electrons. The number of nitrogens with zero attached hydrogens (tertiary/aromatic N) is 1. The van der Waals surface area contributed by atoms with Crippen molar-refractivity contribution in [1.82, 2.24) is 0 Å². The second kappa shape index (κ2) is 5.15. The van der Waals surface area contributed by atoms with Crippen molar-refractivity contribution in [3.8, 4) is 0 Å². The van der Waals surface area contributed by atoms with Crippen LogP contribution in [0.2, 0.25) is 0 Å². The summed E-state index contributed by atoms with van der Waals surface area (Å²) in [6.45, 7) is 2.04. The zero-order valence-corrected chi connectivity index (χ0v) is 11.1. The van der Waals surface area contributed by atoms with Crippen LogP contribution in [0.15, 0.2) is 58.0 Å². The minimum atomic E-state index is 0.523. The van der Waals surface area contributed by atoms with Crippen molar-refractivity contribution in [1.29, 1.82) is 0 Å². The van der Waals surface area contributed by atoms with E-state index in [0.29, 0.717) is 5.84 Å². The van der Waals surface area contributed by atoms with Crippen molar-refractivity contribution in [2.45, 2.75) is 6.92 Å². The van der Waals surface area contributed by atoms with Gasteiger partial charge in [-0.2, -0.15) is 0 Å². The summed E-state index contributed by atoms with van der Waals surface area (Å²) < 4.78 is 0.955. The van der Waals surface area contributed by atoms with E-state index in [4.69, 9.17) is 5.73 Å². The molecule has 0 bridgehead atoms. The van der Waals surface area contributed by atoms with Crippen molar-refractivity contribution in [3.05, 3.63) is 64.1 Å². The van der Waals surface area contributed by atoms with E-state index in [1.807, 2.05) is 55.5 Å². The van der Waals surface area contributed by atoms with Crippen LogP contribution >= 0.6 is 15.9 Å². The van der Waals surface area contributed by atoms with Crippen LogP contribution in [-0.2, 0) is 0 Å². The van der Waals surface area contributed by atoms with E-state index < -0.39 is 0 Å².